The van der Waals surface area contributed by atoms with Crippen LogP contribution >= 0.6 is 0 Å². The molecular formula is C16H18FNO. The van der Waals surface area contributed by atoms with Gasteiger partial charge in [-0.3, -0.25) is 0 Å². The Kier molecular flexibility index (Phi) is 4.39. The predicted octanol–water partition coefficient (Wildman–Crippen LogP) is 3.93. The van der Waals surface area contributed by atoms with E-state index in [4.69, 9.17) is 4.74 Å². The van der Waals surface area contributed by atoms with E-state index < -0.39 is 0 Å². The molecule has 0 aliphatic carbocycles. The molecule has 0 atom stereocenters. The number of ether oxygens (including phenoxy) is 1. The Hall–Kier alpha value is -2.03. The molecule has 0 amide bonds. The zero-order valence-corrected chi connectivity index (χ0v) is 11.2. The molecule has 3 heteroatoms. The standard InChI is InChI=1S/C16H18FNO/c1-12-7-8-14(11-13(12)2)19-10-9-18-16-6-4-3-5-15(16)17/h3-8,11,18H,9-10H2,1-2H3. The summed E-state index contributed by atoms with van der Waals surface area (Å²) in [5.41, 5.74) is 2.96. The van der Waals surface area contributed by atoms with Crippen molar-refractivity contribution in [2.45, 2.75) is 13.8 Å². The van der Waals surface area contributed by atoms with Gasteiger partial charge in [-0.1, -0.05) is 18.2 Å². The first-order valence-corrected chi connectivity index (χ1v) is 6.35. The zero-order chi connectivity index (χ0) is 13.7. The molecule has 1 N–H and O–H groups in total. The van der Waals surface area contributed by atoms with Crippen molar-refractivity contribution in [3.8, 4) is 5.75 Å². The summed E-state index contributed by atoms with van der Waals surface area (Å²) in [4.78, 5) is 0. The maximum atomic E-state index is 13.3. The van der Waals surface area contributed by atoms with Crippen LogP contribution in [-0.4, -0.2) is 13.2 Å². The van der Waals surface area contributed by atoms with E-state index in [1.54, 1.807) is 18.2 Å². The van der Waals surface area contributed by atoms with Crippen LogP contribution in [0.2, 0.25) is 0 Å². The maximum absolute atomic E-state index is 13.3. The Labute approximate surface area is 113 Å². The molecule has 0 aliphatic rings. The smallest absolute Gasteiger partial charge is 0.146 e. The highest BCUT2D eigenvalue weighted by atomic mass is 19.1. The van der Waals surface area contributed by atoms with Gasteiger partial charge in [-0.25, -0.2) is 4.39 Å². The largest absolute Gasteiger partial charge is 0.492 e. The molecule has 0 radical (unpaired) electrons. The van der Waals surface area contributed by atoms with Crippen molar-refractivity contribution in [3.05, 3.63) is 59.4 Å². The van der Waals surface area contributed by atoms with Gasteiger partial charge >= 0.3 is 0 Å². The van der Waals surface area contributed by atoms with Gasteiger partial charge in [-0.2, -0.15) is 0 Å². The number of halogens is 1. The van der Waals surface area contributed by atoms with Crippen molar-refractivity contribution < 1.29 is 9.13 Å². The molecule has 2 aromatic rings. The van der Waals surface area contributed by atoms with Crippen molar-refractivity contribution in [1.82, 2.24) is 0 Å². The lowest BCUT2D eigenvalue weighted by Gasteiger charge is -2.10. The quantitative estimate of drug-likeness (QED) is 0.821. The normalized spacial score (nSPS) is 10.3. The molecule has 0 aromatic heterocycles. The van der Waals surface area contributed by atoms with Crippen LogP contribution in [0.3, 0.4) is 0 Å². The molecule has 2 nitrogen and oxygen atoms in total. The van der Waals surface area contributed by atoms with Crippen LogP contribution in [-0.2, 0) is 0 Å². The highest BCUT2D eigenvalue weighted by molar-refractivity contribution is 5.44. The lowest BCUT2D eigenvalue weighted by molar-refractivity contribution is 0.332. The fraction of sp³-hybridized carbons (Fsp3) is 0.250. The number of para-hydroxylation sites is 1. The molecule has 0 saturated heterocycles. The average molecular weight is 259 g/mol. The molecule has 2 aromatic carbocycles. The summed E-state index contributed by atoms with van der Waals surface area (Å²) in [5.74, 6) is 0.604. The van der Waals surface area contributed by atoms with Crippen LogP contribution in [0.5, 0.6) is 5.75 Å². The second kappa shape index (κ2) is 6.23. The third-order valence-corrected chi connectivity index (χ3v) is 3.04. The van der Waals surface area contributed by atoms with Gasteiger partial charge < -0.3 is 10.1 Å². The molecule has 0 saturated carbocycles. The van der Waals surface area contributed by atoms with Crippen molar-refractivity contribution in [1.29, 1.82) is 0 Å². The van der Waals surface area contributed by atoms with Gasteiger partial charge in [0.2, 0.25) is 0 Å². The van der Waals surface area contributed by atoms with E-state index in [0.717, 1.165) is 5.75 Å². The summed E-state index contributed by atoms with van der Waals surface area (Å²) in [6.07, 6.45) is 0. The lowest BCUT2D eigenvalue weighted by Crippen LogP contribution is -2.12. The number of nitrogens with one attached hydrogen (secondary N) is 1. The van der Waals surface area contributed by atoms with E-state index >= 15 is 0 Å². The van der Waals surface area contributed by atoms with Crippen LogP contribution < -0.4 is 10.1 Å². The summed E-state index contributed by atoms with van der Waals surface area (Å²) in [5, 5.41) is 3.01. The monoisotopic (exact) mass is 259 g/mol. The molecule has 0 unspecified atom stereocenters. The highest BCUT2D eigenvalue weighted by Gasteiger charge is 2.00. The second-order valence-electron chi connectivity index (χ2n) is 4.50. The van der Waals surface area contributed by atoms with Crippen LogP contribution in [0.1, 0.15) is 11.1 Å². The average Bonchev–Trinajstić information content (AvgIpc) is 2.40. The van der Waals surface area contributed by atoms with Gasteiger partial charge in [0.15, 0.2) is 0 Å². The highest BCUT2D eigenvalue weighted by Crippen LogP contribution is 2.16. The van der Waals surface area contributed by atoms with Gasteiger partial charge in [0.25, 0.3) is 0 Å². The van der Waals surface area contributed by atoms with E-state index in [-0.39, 0.29) is 5.82 Å². The number of hydrogen-bond acceptors (Lipinski definition) is 2. The summed E-state index contributed by atoms with van der Waals surface area (Å²) in [6, 6.07) is 12.6. The van der Waals surface area contributed by atoms with Crippen LogP contribution in [0.4, 0.5) is 10.1 Å². The predicted molar refractivity (Wildman–Crippen MR) is 76.3 cm³/mol. The van der Waals surface area contributed by atoms with Crippen LogP contribution in [0, 0.1) is 19.7 Å². The van der Waals surface area contributed by atoms with Gasteiger partial charge in [0.1, 0.15) is 18.2 Å². The van der Waals surface area contributed by atoms with E-state index in [2.05, 4.69) is 19.2 Å². The van der Waals surface area contributed by atoms with Crippen molar-refractivity contribution >= 4 is 5.69 Å². The molecule has 0 heterocycles. The van der Waals surface area contributed by atoms with E-state index in [1.165, 1.54) is 17.2 Å². The lowest BCUT2D eigenvalue weighted by atomic mass is 10.1. The number of rotatable bonds is 5. The molecule has 0 fully saturated rings. The molecule has 0 aliphatic heterocycles. The van der Waals surface area contributed by atoms with E-state index in [9.17, 15) is 4.39 Å². The van der Waals surface area contributed by atoms with Crippen molar-refractivity contribution in [3.63, 3.8) is 0 Å². The van der Waals surface area contributed by atoms with Crippen molar-refractivity contribution in [2.75, 3.05) is 18.5 Å². The molecule has 19 heavy (non-hydrogen) atoms. The Morgan fingerprint density at radius 2 is 1.84 bits per heavy atom. The first-order valence-electron chi connectivity index (χ1n) is 6.35. The van der Waals surface area contributed by atoms with Gasteiger partial charge in [0.05, 0.1) is 5.69 Å². The molecule has 100 valence electrons. The summed E-state index contributed by atoms with van der Waals surface area (Å²) in [7, 11) is 0. The minimum atomic E-state index is -0.242. The Morgan fingerprint density at radius 3 is 2.58 bits per heavy atom. The third kappa shape index (κ3) is 3.71. The second-order valence-corrected chi connectivity index (χ2v) is 4.50. The molecular weight excluding hydrogens is 241 g/mol. The minimum absolute atomic E-state index is 0.242. The zero-order valence-electron chi connectivity index (χ0n) is 11.2. The Morgan fingerprint density at radius 1 is 1.05 bits per heavy atom. The summed E-state index contributed by atoms with van der Waals surface area (Å²) < 4.78 is 19.0. The molecule has 2 rings (SSSR count). The fourth-order valence-corrected chi connectivity index (χ4v) is 1.76. The molecule has 0 bridgehead atoms. The number of aryl methyl sites for hydroxylation is 2. The van der Waals surface area contributed by atoms with Crippen molar-refractivity contribution in [2.24, 2.45) is 0 Å². The fourth-order valence-electron chi connectivity index (χ4n) is 1.76. The van der Waals surface area contributed by atoms with Gasteiger partial charge in [-0.15, -0.1) is 0 Å². The van der Waals surface area contributed by atoms with E-state index in [1.807, 2.05) is 18.2 Å². The summed E-state index contributed by atoms with van der Waals surface area (Å²) >= 11 is 0. The maximum Gasteiger partial charge on any atom is 0.146 e. The number of benzene rings is 2. The number of hydrogen-bond donors (Lipinski definition) is 1. The Balaban J connectivity index is 1.81. The summed E-state index contributed by atoms with van der Waals surface area (Å²) in [6.45, 7) is 5.18. The first kappa shape index (κ1) is 13.4. The SMILES string of the molecule is Cc1ccc(OCCNc2ccccc2F)cc1C. The minimum Gasteiger partial charge on any atom is -0.492 e. The van der Waals surface area contributed by atoms with E-state index in [0.29, 0.717) is 18.8 Å². The van der Waals surface area contributed by atoms with Gasteiger partial charge in [0, 0.05) is 6.54 Å². The third-order valence-electron chi connectivity index (χ3n) is 3.04. The van der Waals surface area contributed by atoms with Gasteiger partial charge in [-0.05, 0) is 49.2 Å². The van der Waals surface area contributed by atoms with Crippen LogP contribution in [0.25, 0.3) is 0 Å². The molecule has 0 spiro atoms. The van der Waals surface area contributed by atoms with Crippen LogP contribution in [0.15, 0.2) is 42.5 Å². The number of anilines is 1. The Bertz CT molecular complexity index is 554. The first-order chi connectivity index (χ1) is 9.16. The topological polar surface area (TPSA) is 21.3 Å².